The maximum Gasteiger partial charge on any atom is 0.329 e. The first-order valence-corrected chi connectivity index (χ1v) is 6.63. The second-order valence-electron chi connectivity index (χ2n) is 4.15. The molecule has 1 N–H and O–H groups in total. The Labute approximate surface area is 103 Å². The Balaban J connectivity index is 1.94. The van der Waals surface area contributed by atoms with Crippen molar-refractivity contribution >= 4 is 29.4 Å². The van der Waals surface area contributed by atoms with Crippen molar-refractivity contribution in [2.75, 3.05) is 10.7 Å². The van der Waals surface area contributed by atoms with E-state index in [4.69, 9.17) is 0 Å². The van der Waals surface area contributed by atoms with E-state index in [1.807, 2.05) is 18.2 Å². The second-order valence-corrected chi connectivity index (χ2v) is 5.39. The molecule has 0 aliphatic carbocycles. The van der Waals surface area contributed by atoms with E-state index >= 15 is 0 Å². The van der Waals surface area contributed by atoms with Gasteiger partial charge < -0.3 is 5.32 Å². The van der Waals surface area contributed by atoms with Gasteiger partial charge in [-0.3, -0.25) is 4.79 Å². The normalized spacial score (nSPS) is 27.9. The minimum atomic E-state index is -0.301. The number of benzene rings is 1. The summed E-state index contributed by atoms with van der Waals surface area (Å²) < 4.78 is 0. The van der Waals surface area contributed by atoms with Gasteiger partial charge in [0.05, 0.1) is 11.7 Å². The molecule has 2 unspecified atom stereocenters. The van der Waals surface area contributed by atoms with Crippen LogP contribution in [-0.2, 0) is 4.79 Å². The van der Waals surface area contributed by atoms with Gasteiger partial charge in [0.2, 0.25) is 5.91 Å². The maximum absolute atomic E-state index is 12.3. The van der Waals surface area contributed by atoms with Gasteiger partial charge >= 0.3 is 6.03 Å². The van der Waals surface area contributed by atoms with Crippen molar-refractivity contribution < 1.29 is 9.59 Å². The first-order valence-electron chi connectivity index (χ1n) is 5.58. The van der Waals surface area contributed by atoms with Crippen molar-refractivity contribution in [2.45, 2.75) is 17.7 Å². The number of para-hydroxylation sites is 1. The topological polar surface area (TPSA) is 49.4 Å². The quantitative estimate of drug-likeness (QED) is 0.821. The number of nitrogens with one attached hydrogen (secondary N) is 1. The first-order chi connectivity index (χ1) is 8.27. The number of carbonyl (C=O) groups is 2. The molecule has 2 heterocycles. The second kappa shape index (κ2) is 4.07. The van der Waals surface area contributed by atoms with E-state index < -0.39 is 0 Å². The van der Waals surface area contributed by atoms with Crippen LogP contribution in [0.1, 0.15) is 6.42 Å². The van der Waals surface area contributed by atoms with Crippen LogP contribution in [0.2, 0.25) is 0 Å². The number of hydrogen-bond donors (Lipinski definition) is 1. The molecule has 0 spiro atoms. The molecular weight excluding hydrogens is 236 g/mol. The minimum Gasteiger partial charge on any atom is -0.333 e. The largest absolute Gasteiger partial charge is 0.333 e. The van der Waals surface area contributed by atoms with Crippen molar-refractivity contribution in [3.8, 4) is 0 Å². The average Bonchev–Trinajstić information content (AvgIpc) is 2.78. The Hall–Kier alpha value is -1.49. The fraction of sp³-hybridized carbons (Fsp3) is 0.333. The summed E-state index contributed by atoms with van der Waals surface area (Å²) in [7, 11) is 0. The summed E-state index contributed by atoms with van der Waals surface area (Å²) in [5.41, 5.74) is 0.640. The number of hydrogen-bond acceptors (Lipinski definition) is 3. The van der Waals surface area contributed by atoms with E-state index in [2.05, 4.69) is 5.32 Å². The molecule has 0 bridgehead atoms. The van der Waals surface area contributed by atoms with E-state index in [1.165, 1.54) is 4.90 Å². The molecule has 2 fully saturated rings. The van der Waals surface area contributed by atoms with Crippen LogP contribution in [-0.4, -0.2) is 29.0 Å². The summed E-state index contributed by atoms with van der Waals surface area (Å²) >= 11 is 1.63. The van der Waals surface area contributed by atoms with Gasteiger partial charge in [-0.25, -0.2) is 9.69 Å². The number of rotatable bonds is 1. The molecule has 5 heteroatoms. The van der Waals surface area contributed by atoms with Gasteiger partial charge in [0.15, 0.2) is 0 Å². The number of fused-ring (bicyclic) bond motifs is 1. The lowest BCUT2D eigenvalue weighted by Gasteiger charge is -2.33. The van der Waals surface area contributed by atoms with Crippen molar-refractivity contribution in [3.63, 3.8) is 0 Å². The molecule has 88 valence electrons. The zero-order valence-electron chi connectivity index (χ0n) is 9.13. The summed E-state index contributed by atoms with van der Waals surface area (Å²) in [5.74, 6) is 0.844. The van der Waals surface area contributed by atoms with Crippen LogP contribution in [0.25, 0.3) is 0 Å². The van der Waals surface area contributed by atoms with E-state index in [1.54, 1.807) is 23.9 Å². The zero-order valence-corrected chi connectivity index (χ0v) is 9.94. The maximum atomic E-state index is 12.3. The lowest BCUT2D eigenvalue weighted by atomic mass is 10.1. The van der Waals surface area contributed by atoms with Gasteiger partial charge in [0, 0.05) is 0 Å². The molecule has 4 nitrogen and oxygen atoms in total. The van der Waals surface area contributed by atoms with E-state index in [-0.39, 0.29) is 23.2 Å². The third-order valence-electron chi connectivity index (χ3n) is 3.08. The highest BCUT2D eigenvalue weighted by Gasteiger charge is 2.44. The summed E-state index contributed by atoms with van der Waals surface area (Å²) in [5, 5.41) is 2.78. The summed E-state index contributed by atoms with van der Waals surface area (Å²) in [4.78, 5) is 25.4. The number of amides is 3. The predicted molar refractivity (Wildman–Crippen MR) is 67.1 cm³/mol. The Morgan fingerprint density at radius 1 is 1.24 bits per heavy atom. The van der Waals surface area contributed by atoms with Crippen molar-refractivity contribution in [3.05, 3.63) is 30.3 Å². The minimum absolute atomic E-state index is 0.0139. The molecule has 3 rings (SSSR count). The molecule has 0 aromatic heterocycles. The van der Waals surface area contributed by atoms with E-state index in [0.717, 1.165) is 12.2 Å². The number of carbonyl (C=O) groups excluding carboxylic acids is 2. The third-order valence-corrected chi connectivity index (χ3v) is 4.44. The number of anilines is 1. The van der Waals surface area contributed by atoms with Crippen LogP contribution in [0.15, 0.2) is 30.3 Å². The Bertz CT molecular complexity index is 463. The molecular formula is C12H12N2O2S. The van der Waals surface area contributed by atoms with Crippen molar-refractivity contribution in [1.82, 2.24) is 5.32 Å². The molecule has 2 atom stereocenters. The molecule has 2 aliphatic heterocycles. The van der Waals surface area contributed by atoms with Gasteiger partial charge in [-0.2, -0.15) is 0 Å². The predicted octanol–water partition coefficient (Wildman–Crippen LogP) is 1.62. The number of thioether (sulfide) groups is 1. The highest BCUT2D eigenvalue weighted by molar-refractivity contribution is 8.01. The number of nitrogens with zero attached hydrogens (tertiary/aromatic N) is 1. The lowest BCUT2D eigenvalue weighted by molar-refractivity contribution is -0.118. The zero-order chi connectivity index (χ0) is 11.8. The standard InChI is InChI=1S/C12H12N2O2S/c15-11-10-9(6-7-17-10)13-12(16)14(11)8-4-2-1-3-5-8/h1-5,9-10H,6-7H2,(H,13,16). The molecule has 1 aromatic rings. The van der Waals surface area contributed by atoms with Gasteiger partial charge in [-0.05, 0) is 24.3 Å². The van der Waals surface area contributed by atoms with Crippen LogP contribution in [0, 0.1) is 0 Å². The summed E-state index contributed by atoms with van der Waals surface area (Å²) in [6.45, 7) is 0. The third kappa shape index (κ3) is 1.70. The van der Waals surface area contributed by atoms with Crippen LogP contribution in [0.3, 0.4) is 0 Å². The van der Waals surface area contributed by atoms with Crippen molar-refractivity contribution in [1.29, 1.82) is 0 Å². The van der Waals surface area contributed by atoms with Crippen molar-refractivity contribution in [2.24, 2.45) is 0 Å². The van der Waals surface area contributed by atoms with Gasteiger partial charge in [0.1, 0.15) is 5.25 Å². The van der Waals surface area contributed by atoms with Crippen LogP contribution >= 0.6 is 11.8 Å². The Kier molecular flexibility index (Phi) is 2.55. The molecule has 0 saturated carbocycles. The molecule has 17 heavy (non-hydrogen) atoms. The number of urea groups is 1. The fourth-order valence-electron chi connectivity index (χ4n) is 2.25. The van der Waals surface area contributed by atoms with Gasteiger partial charge in [-0.15, -0.1) is 11.8 Å². The Morgan fingerprint density at radius 2 is 2.00 bits per heavy atom. The van der Waals surface area contributed by atoms with E-state index in [9.17, 15) is 9.59 Å². The lowest BCUT2D eigenvalue weighted by Crippen LogP contribution is -2.60. The van der Waals surface area contributed by atoms with Crippen LogP contribution in [0.5, 0.6) is 0 Å². The van der Waals surface area contributed by atoms with Gasteiger partial charge in [-0.1, -0.05) is 18.2 Å². The highest BCUT2D eigenvalue weighted by atomic mass is 32.2. The summed E-state index contributed by atoms with van der Waals surface area (Å²) in [6.07, 6.45) is 0.884. The highest BCUT2D eigenvalue weighted by Crippen LogP contribution is 2.33. The SMILES string of the molecule is O=C1NC2CCSC2C(=O)N1c1ccccc1. The monoisotopic (exact) mass is 248 g/mol. The fourth-order valence-corrected chi connectivity index (χ4v) is 3.58. The molecule has 3 amide bonds. The Morgan fingerprint density at radius 3 is 2.76 bits per heavy atom. The van der Waals surface area contributed by atoms with Crippen LogP contribution < -0.4 is 10.2 Å². The van der Waals surface area contributed by atoms with Crippen LogP contribution in [0.4, 0.5) is 10.5 Å². The van der Waals surface area contributed by atoms with Gasteiger partial charge in [0.25, 0.3) is 0 Å². The average molecular weight is 248 g/mol. The summed E-state index contributed by atoms with van der Waals surface area (Å²) in [6, 6.07) is 8.77. The molecule has 1 aromatic carbocycles. The molecule has 2 aliphatic rings. The first kappa shape index (κ1) is 10.7. The smallest absolute Gasteiger partial charge is 0.329 e. The van der Waals surface area contributed by atoms with E-state index in [0.29, 0.717) is 5.69 Å². The molecule has 0 radical (unpaired) electrons. The molecule has 2 saturated heterocycles. The number of imide groups is 1.